The molecule has 0 amide bonds. The quantitative estimate of drug-likeness (QED) is 0.619. The van der Waals surface area contributed by atoms with Gasteiger partial charge in [-0.05, 0) is 26.2 Å². The van der Waals surface area contributed by atoms with E-state index in [1.54, 1.807) is 6.92 Å². The zero-order chi connectivity index (χ0) is 13.2. The van der Waals surface area contributed by atoms with Crippen LogP contribution in [0.15, 0.2) is 15.4 Å². The van der Waals surface area contributed by atoms with E-state index in [0.717, 1.165) is 24.2 Å². The number of sulfonamides is 1. The average Bonchev–Trinajstić information content (AvgIpc) is 2.78. The molecule has 0 aliphatic carbocycles. The van der Waals surface area contributed by atoms with Crippen molar-refractivity contribution in [2.75, 3.05) is 6.54 Å². The minimum absolute atomic E-state index is 0.202. The summed E-state index contributed by atoms with van der Waals surface area (Å²) in [7, 11) is -3.60. The van der Waals surface area contributed by atoms with Gasteiger partial charge in [0.2, 0.25) is 6.08 Å². The summed E-state index contributed by atoms with van der Waals surface area (Å²) in [6, 6.07) is 0. The largest absolute Gasteiger partial charge is 0.256 e. The fraction of sp³-hybridized carbons (Fsp3) is 0.600. The molecule has 1 unspecified atom stereocenters. The second-order valence-electron chi connectivity index (χ2n) is 4.01. The molecule has 0 spiro atoms. The van der Waals surface area contributed by atoms with Gasteiger partial charge in [0.1, 0.15) is 6.17 Å². The van der Waals surface area contributed by atoms with Crippen LogP contribution in [-0.4, -0.2) is 36.5 Å². The van der Waals surface area contributed by atoms with Gasteiger partial charge in [-0.25, -0.2) is 18.2 Å². The van der Waals surface area contributed by atoms with Crippen LogP contribution in [0.5, 0.6) is 0 Å². The molecule has 0 bridgehead atoms. The lowest BCUT2D eigenvalue weighted by atomic mass is 10.1. The van der Waals surface area contributed by atoms with E-state index in [4.69, 9.17) is 0 Å². The van der Waals surface area contributed by atoms with E-state index in [2.05, 4.69) is 9.98 Å². The number of rotatable bonds is 3. The van der Waals surface area contributed by atoms with Gasteiger partial charge < -0.3 is 0 Å². The predicted octanol–water partition coefficient (Wildman–Crippen LogP) is 1.29. The van der Waals surface area contributed by atoms with Gasteiger partial charge in [-0.15, -0.1) is 11.3 Å². The smallest absolute Gasteiger partial charge is 0.249 e. The summed E-state index contributed by atoms with van der Waals surface area (Å²) in [4.78, 5) is 17.9. The molecule has 1 aliphatic rings. The molecular formula is C10H13N3O3S2. The summed E-state index contributed by atoms with van der Waals surface area (Å²) < 4.78 is 26.3. The Bertz CT molecular complexity index is 575. The van der Waals surface area contributed by atoms with E-state index in [1.807, 2.05) is 0 Å². The molecule has 0 saturated carbocycles. The summed E-state index contributed by atoms with van der Waals surface area (Å²) in [5, 5.41) is 0.695. The molecule has 1 atom stereocenters. The Morgan fingerprint density at radius 2 is 2.33 bits per heavy atom. The third kappa shape index (κ3) is 2.51. The molecule has 1 fully saturated rings. The van der Waals surface area contributed by atoms with Crippen molar-refractivity contribution in [2.45, 2.75) is 36.6 Å². The molecule has 2 rings (SSSR count). The molecule has 0 radical (unpaired) electrons. The summed E-state index contributed by atoms with van der Waals surface area (Å²) in [5.41, 5.74) is 0. The highest BCUT2D eigenvalue weighted by atomic mass is 32.2. The second kappa shape index (κ2) is 5.27. The minimum atomic E-state index is -3.60. The maximum Gasteiger partial charge on any atom is 0.256 e. The van der Waals surface area contributed by atoms with Crippen molar-refractivity contribution in [3.63, 3.8) is 0 Å². The van der Waals surface area contributed by atoms with Crippen LogP contribution in [0, 0.1) is 6.92 Å². The molecule has 98 valence electrons. The van der Waals surface area contributed by atoms with Crippen molar-refractivity contribution in [1.29, 1.82) is 0 Å². The number of isocyanates is 1. The van der Waals surface area contributed by atoms with Crippen molar-refractivity contribution >= 4 is 27.4 Å². The molecule has 1 aromatic heterocycles. The van der Waals surface area contributed by atoms with Crippen LogP contribution in [0.3, 0.4) is 0 Å². The van der Waals surface area contributed by atoms with Gasteiger partial charge in [-0.1, -0.05) is 0 Å². The first kappa shape index (κ1) is 13.4. The highest BCUT2D eigenvalue weighted by Gasteiger charge is 2.34. The zero-order valence-corrected chi connectivity index (χ0v) is 11.5. The Hall–Kier alpha value is -1.08. The number of piperidine rings is 1. The van der Waals surface area contributed by atoms with E-state index < -0.39 is 16.2 Å². The fourth-order valence-electron chi connectivity index (χ4n) is 1.93. The third-order valence-corrected chi connectivity index (χ3v) is 6.03. The topological polar surface area (TPSA) is 79.7 Å². The summed E-state index contributed by atoms with van der Waals surface area (Å²) in [5.74, 6) is 0. The zero-order valence-electron chi connectivity index (χ0n) is 9.87. The average molecular weight is 287 g/mol. The number of aliphatic imine (C=N–C) groups is 1. The van der Waals surface area contributed by atoms with Crippen LogP contribution in [-0.2, 0) is 14.8 Å². The van der Waals surface area contributed by atoms with Gasteiger partial charge in [0.25, 0.3) is 10.0 Å². The summed E-state index contributed by atoms with van der Waals surface area (Å²) >= 11 is 1.13. The molecule has 8 heteroatoms. The lowest BCUT2D eigenvalue weighted by Crippen LogP contribution is -2.42. The molecule has 0 N–H and O–H groups in total. The molecule has 18 heavy (non-hydrogen) atoms. The summed E-state index contributed by atoms with van der Waals surface area (Å²) in [6.45, 7) is 2.13. The maximum absolute atomic E-state index is 12.4. The van der Waals surface area contributed by atoms with Crippen LogP contribution in [0.1, 0.15) is 24.3 Å². The molecule has 2 heterocycles. The Morgan fingerprint density at radius 1 is 1.56 bits per heavy atom. The Kier molecular flexibility index (Phi) is 3.91. The van der Waals surface area contributed by atoms with Gasteiger partial charge in [0.05, 0.1) is 11.2 Å². The van der Waals surface area contributed by atoms with Crippen LogP contribution < -0.4 is 0 Å². The van der Waals surface area contributed by atoms with Crippen molar-refractivity contribution in [1.82, 2.24) is 9.29 Å². The molecule has 6 nitrogen and oxygen atoms in total. The number of hydrogen-bond acceptors (Lipinski definition) is 6. The number of thiazole rings is 1. The van der Waals surface area contributed by atoms with Crippen LogP contribution in [0.4, 0.5) is 0 Å². The van der Waals surface area contributed by atoms with Gasteiger partial charge in [0.15, 0.2) is 4.21 Å². The first-order chi connectivity index (χ1) is 8.55. The highest BCUT2D eigenvalue weighted by Crippen LogP contribution is 2.28. The predicted molar refractivity (Wildman–Crippen MR) is 66.5 cm³/mol. The van der Waals surface area contributed by atoms with Crippen molar-refractivity contribution in [2.24, 2.45) is 4.99 Å². The fourth-order valence-corrected chi connectivity index (χ4v) is 4.77. The monoisotopic (exact) mass is 287 g/mol. The van der Waals surface area contributed by atoms with Gasteiger partial charge in [-0.3, -0.25) is 0 Å². The van der Waals surface area contributed by atoms with E-state index in [1.165, 1.54) is 16.6 Å². The van der Waals surface area contributed by atoms with Gasteiger partial charge >= 0.3 is 0 Å². The first-order valence-corrected chi connectivity index (χ1v) is 7.82. The molecular weight excluding hydrogens is 274 g/mol. The first-order valence-electron chi connectivity index (χ1n) is 5.57. The molecule has 1 saturated heterocycles. The molecule has 1 aliphatic heterocycles. The minimum Gasteiger partial charge on any atom is -0.249 e. The Morgan fingerprint density at radius 3 is 2.94 bits per heavy atom. The number of hydrogen-bond donors (Lipinski definition) is 0. The molecule has 0 aromatic carbocycles. The number of carbonyl (C=O) groups excluding carboxylic acids is 1. The van der Waals surface area contributed by atoms with Crippen molar-refractivity contribution in [3.05, 3.63) is 11.2 Å². The Balaban J connectivity index is 2.35. The second-order valence-corrected chi connectivity index (χ2v) is 7.36. The Labute approximate surface area is 109 Å². The number of aromatic nitrogens is 1. The highest BCUT2D eigenvalue weighted by molar-refractivity contribution is 7.91. The van der Waals surface area contributed by atoms with E-state index in [0.29, 0.717) is 18.0 Å². The number of nitrogens with zero attached hydrogens (tertiary/aromatic N) is 3. The summed E-state index contributed by atoms with van der Waals surface area (Å²) in [6.07, 6.45) is 4.39. The normalized spacial score (nSPS) is 21.5. The van der Waals surface area contributed by atoms with Gasteiger partial charge in [0, 0.05) is 6.54 Å². The van der Waals surface area contributed by atoms with Crippen molar-refractivity contribution in [3.8, 4) is 0 Å². The SMILES string of the molecule is Cc1ncc(S(=O)(=O)N2CCCCC2N=C=O)s1. The van der Waals surface area contributed by atoms with E-state index in [-0.39, 0.29) is 4.21 Å². The van der Waals surface area contributed by atoms with Gasteiger partial charge in [-0.2, -0.15) is 9.30 Å². The van der Waals surface area contributed by atoms with Crippen LogP contribution in [0.25, 0.3) is 0 Å². The lowest BCUT2D eigenvalue weighted by molar-refractivity contribution is 0.260. The van der Waals surface area contributed by atoms with E-state index >= 15 is 0 Å². The van der Waals surface area contributed by atoms with E-state index in [9.17, 15) is 13.2 Å². The van der Waals surface area contributed by atoms with Crippen LogP contribution >= 0.6 is 11.3 Å². The maximum atomic E-state index is 12.4. The molecule has 1 aromatic rings. The standard InChI is InChI=1S/C10H13N3O3S2/c1-8-11-6-10(17-8)18(15,16)13-5-3-2-4-9(13)12-7-14/h6,9H,2-5H2,1H3. The van der Waals surface area contributed by atoms with Crippen LogP contribution in [0.2, 0.25) is 0 Å². The third-order valence-electron chi connectivity index (χ3n) is 2.79. The van der Waals surface area contributed by atoms with Crippen molar-refractivity contribution < 1.29 is 13.2 Å². The lowest BCUT2D eigenvalue weighted by Gasteiger charge is -2.30. The number of aryl methyl sites for hydroxylation is 1.